The largest absolute Gasteiger partial charge is 0.164 e. The molecule has 0 nitrogen and oxygen atoms in total. The first kappa shape index (κ1) is 6.81. The lowest BCUT2D eigenvalue weighted by molar-refractivity contribution is 0.900. The Labute approximate surface area is 60.1 Å². The molecule has 0 unspecified atom stereocenters. The van der Waals surface area contributed by atoms with Crippen LogP contribution < -0.4 is 0 Å². The molecule has 0 bridgehead atoms. The molecule has 0 saturated carbocycles. The van der Waals surface area contributed by atoms with Gasteiger partial charge in [0.05, 0.1) is 0 Å². The molecule has 1 heteroatoms. The van der Waals surface area contributed by atoms with E-state index in [1.165, 1.54) is 19.3 Å². The van der Waals surface area contributed by atoms with Crippen LogP contribution in [-0.2, 0) is 0 Å². The van der Waals surface area contributed by atoms with Gasteiger partial charge in [-0.25, -0.2) is 0 Å². The quantitative estimate of drug-likeness (QED) is 0.408. The third-order valence-electron chi connectivity index (χ3n) is 1.60. The van der Waals surface area contributed by atoms with E-state index in [0.717, 1.165) is 6.42 Å². The van der Waals surface area contributed by atoms with Crippen LogP contribution in [0.5, 0.6) is 0 Å². The van der Waals surface area contributed by atoms with Crippen molar-refractivity contribution in [3.05, 3.63) is 11.6 Å². The molecule has 0 aliphatic heterocycles. The third kappa shape index (κ3) is 2.19. The maximum Gasteiger partial charge on any atom is -0.00421 e. The summed E-state index contributed by atoms with van der Waals surface area (Å²) >= 11 is 0. The highest BCUT2D eigenvalue weighted by Gasteiger charge is 2.00. The molecule has 0 spiro atoms. The van der Waals surface area contributed by atoms with Crippen LogP contribution in [0.25, 0.3) is 0 Å². The topological polar surface area (TPSA) is 0 Å². The van der Waals surface area contributed by atoms with E-state index < -0.39 is 0 Å². The fourth-order valence-electron chi connectivity index (χ4n) is 1.09. The number of allylic oxidation sites excluding steroid dienone is 2. The smallest absolute Gasteiger partial charge is 0.00421 e. The van der Waals surface area contributed by atoms with Crippen LogP contribution in [0.1, 0.15) is 25.7 Å². The lowest BCUT2D eigenvalue weighted by Crippen LogP contribution is -1.75. The second kappa shape index (κ2) is 3.67. The molecule has 0 amide bonds. The van der Waals surface area contributed by atoms with Gasteiger partial charge in [-0.05, 0) is 36.9 Å². The third-order valence-corrected chi connectivity index (χ3v) is 2.00. The molecule has 0 N–H and O–H groups in total. The van der Waals surface area contributed by atoms with E-state index in [0.29, 0.717) is 0 Å². The van der Waals surface area contributed by atoms with Crippen molar-refractivity contribution in [3.63, 3.8) is 0 Å². The van der Waals surface area contributed by atoms with Crippen molar-refractivity contribution in [2.45, 2.75) is 25.7 Å². The van der Waals surface area contributed by atoms with Crippen molar-refractivity contribution in [2.24, 2.45) is 0 Å². The molecule has 0 atom stereocenters. The van der Waals surface area contributed by atoms with E-state index >= 15 is 0 Å². The predicted molar refractivity (Wildman–Crippen MR) is 47.3 cm³/mol. The summed E-state index contributed by atoms with van der Waals surface area (Å²) in [6.07, 6.45) is 7.48. The predicted octanol–water partition coefficient (Wildman–Crippen LogP) is 2.45. The van der Waals surface area contributed by atoms with Gasteiger partial charge >= 0.3 is 0 Å². The van der Waals surface area contributed by atoms with E-state index in [1.807, 2.05) is 0 Å². The van der Waals surface area contributed by atoms with Crippen molar-refractivity contribution in [1.82, 2.24) is 0 Å². The first-order chi connectivity index (χ1) is 4.43. The van der Waals surface area contributed by atoms with Crippen LogP contribution in [0.2, 0.25) is 0 Å². The molecule has 50 valence electrons. The van der Waals surface area contributed by atoms with Crippen molar-refractivity contribution < 1.29 is 0 Å². The Morgan fingerprint density at radius 2 is 2.67 bits per heavy atom. The molecule has 0 aromatic carbocycles. The second-order valence-electron chi connectivity index (χ2n) is 2.29. The summed E-state index contributed by atoms with van der Waals surface area (Å²) in [6, 6.07) is 0. The van der Waals surface area contributed by atoms with Gasteiger partial charge in [0.25, 0.3) is 0 Å². The summed E-state index contributed by atoms with van der Waals surface area (Å²) in [5.41, 5.74) is 1.60. The van der Waals surface area contributed by atoms with Gasteiger partial charge in [0.15, 0.2) is 0 Å². The summed E-state index contributed by atoms with van der Waals surface area (Å²) in [5.74, 6) is 3.68. The molecule has 0 saturated heterocycles. The number of rotatable bonds is 2. The zero-order valence-corrected chi connectivity index (χ0v) is 6.41. The van der Waals surface area contributed by atoms with Crippen molar-refractivity contribution >= 4 is 22.2 Å². The van der Waals surface area contributed by atoms with Gasteiger partial charge in [-0.15, -0.1) is 0 Å². The summed E-state index contributed by atoms with van der Waals surface area (Å²) in [6.45, 7) is 0. The second-order valence-corrected chi connectivity index (χ2v) is 2.96. The minimum Gasteiger partial charge on any atom is -0.164 e. The molecule has 1 aliphatic carbocycles. The Hall–Kier alpha value is -0.300. The Bertz CT molecular complexity index is 161. The van der Waals surface area contributed by atoms with Gasteiger partial charge in [0.2, 0.25) is 0 Å². The molecule has 9 heavy (non-hydrogen) atoms. The Morgan fingerprint density at radius 3 is 3.22 bits per heavy atom. The van der Waals surface area contributed by atoms with Crippen molar-refractivity contribution in [3.8, 4) is 0 Å². The zero-order chi connectivity index (χ0) is 6.53. The molecule has 1 rings (SSSR count). The van der Waals surface area contributed by atoms with E-state index in [9.17, 15) is 0 Å². The molecular formula is C8H12S. The standard InChI is InChI=1S/C8H12S/c1-9-7-6-8-4-2-3-5-8/h4,7H,1-3,5-6H2. The van der Waals surface area contributed by atoms with Gasteiger partial charge in [-0.2, -0.15) is 10.9 Å². The normalized spacial score (nSPS) is 17.1. The van der Waals surface area contributed by atoms with Gasteiger partial charge < -0.3 is 0 Å². The van der Waals surface area contributed by atoms with Gasteiger partial charge in [-0.1, -0.05) is 11.6 Å². The lowest BCUT2D eigenvalue weighted by atomic mass is 10.2. The highest BCUT2D eigenvalue weighted by molar-refractivity contribution is 7.94. The average Bonchev–Trinajstić information content (AvgIpc) is 2.34. The summed E-state index contributed by atoms with van der Waals surface area (Å²) in [7, 11) is 1.57. The van der Waals surface area contributed by atoms with Crippen molar-refractivity contribution in [2.75, 3.05) is 0 Å². The van der Waals surface area contributed by atoms with Gasteiger partial charge in [0, 0.05) is 0 Å². The fourth-order valence-corrected chi connectivity index (χ4v) is 1.42. The van der Waals surface area contributed by atoms with E-state index in [2.05, 4.69) is 17.3 Å². The number of hydrogen-bond donors (Lipinski definition) is 0. The summed E-state index contributed by atoms with van der Waals surface area (Å²) in [4.78, 5) is 0. The number of hydrogen-bond acceptors (Lipinski definition) is 0. The molecule has 0 aromatic heterocycles. The zero-order valence-electron chi connectivity index (χ0n) is 5.60. The monoisotopic (exact) mass is 140 g/mol. The van der Waals surface area contributed by atoms with Crippen LogP contribution in [0.3, 0.4) is 0 Å². The average molecular weight is 140 g/mol. The maximum absolute atomic E-state index is 3.68. The van der Waals surface area contributed by atoms with Crippen LogP contribution in [-0.4, -0.2) is 11.2 Å². The first-order valence-electron chi connectivity index (χ1n) is 3.34. The first-order valence-corrected chi connectivity index (χ1v) is 4.39. The van der Waals surface area contributed by atoms with Crippen LogP contribution in [0.15, 0.2) is 11.6 Å². The molecular weight excluding hydrogens is 128 g/mol. The highest BCUT2D eigenvalue weighted by atomic mass is 32.1. The van der Waals surface area contributed by atoms with E-state index in [-0.39, 0.29) is 0 Å². The molecule has 0 fully saturated rings. The van der Waals surface area contributed by atoms with Crippen LogP contribution >= 0.6 is 10.9 Å². The summed E-state index contributed by atoms with van der Waals surface area (Å²) in [5, 5.41) is 2.16. The molecule has 0 radical (unpaired) electrons. The van der Waals surface area contributed by atoms with Gasteiger partial charge in [0.1, 0.15) is 0 Å². The minimum absolute atomic E-state index is 1.15. The Kier molecular flexibility index (Phi) is 2.78. The van der Waals surface area contributed by atoms with Crippen molar-refractivity contribution in [1.29, 1.82) is 0 Å². The fraction of sp³-hybridized carbons (Fsp3) is 0.500. The van der Waals surface area contributed by atoms with E-state index in [4.69, 9.17) is 0 Å². The summed E-state index contributed by atoms with van der Waals surface area (Å²) < 4.78 is 0. The molecule has 0 aromatic rings. The van der Waals surface area contributed by atoms with E-state index in [1.54, 1.807) is 16.5 Å². The van der Waals surface area contributed by atoms with Gasteiger partial charge in [-0.3, -0.25) is 0 Å². The maximum atomic E-state index is 3.68. The van der Waals surface area contributed by atoms with Crippen LogP contribution in [0, 0.1) is 0 Å². The minimum atomic E-state index is 1.15. The SMILES string of the molecule is C=S=CCC1=CCCC1. The highest BCUT2D eigenvalue weighted by Crippen LogP contribution is 2.19. The Morgan fingerprint density at radius 1 is 1.78 bits per heavy atom. The molecule has 1 aliphatic rings. The molecule has 0 heterocycles. The van der Waals surface area contributed by atoms with Crippen LogP contribution in [0.4, 0.5) is 0 Å². The Balaban J connectivity index is 2.34. The lowest BCUT2D eigenvalue weighted by Gasteiger charge is -1.90.